The molecule has 3 nitrogen and oxygen atoms in total. The Morgan fingerprint density at radius 1 is 0.962 bits per heavy atom. The molecule has 0 radical (unpaired) electrons. The number of aliphatic carboxylic acids is 1. The van der Waals surface area contributed by atoms with Gasteiger partial charge in [0.1, 0.15) is 0 Å². The summed E-state index contributed by atoms with van der Waals surface area (Å²) in [5, 5.41) is 19.3. The molecule has 3 heteroatoms. The van der Waals surface area contributed by atoms with Gasteiger partial charge in [-0.1, -0.05) is 50.7 Å². The van der Waals surface area contributed by atoms with Gasteiger partial charge >= 0.3 is 5.97 Å². The number of carboxylic acid groups (broad SMARTS) is 1. The molecule has 0 amide bonds. The van der Waals surface area contributed by atoms with E-state index in [0.717, 1.165) is 30.6 Å². The number of aliphatic hydroxyl groups is 1. The second-order valence-corrected chi connectivity index (χ2v) is 9.19. The van der Waals surface area contributed by atoms with E-state index in [4.69, 9.17) is 5.11 Å². The third kappa shape index (κ3) is 5.34. The van der Waals surface area contributed by atoms with Crippen molar-refractivity contribution in [1.82, 2.24) is 0 Å². The van der Waals surface area contributed by atoms with Gasteiger partial charge in [-0.3, -0.25) is 4.79 Å². The Kier molecular flexibility index (Phi) is 7.60. The normalized spacial score (nSPS) is 33.1. The molecule has 0 spiro atoms. The van der Waals surface area contributed by atoms with Gasteiger partial charge in [0, 0.05) is 6.42 Å². The maximum Gasteiger partial charge on any atom is 0.303 e. The van der Waals surface area contributed by atoms with E-state index in [-0.39, 0.29) is 6.10 Å². The Balaban J connectivity index is 1.44. The van der Waals surface area contributed by atoms with Crippen LogP contribution in [0.15, 0.2) is 12.2 Å². The van der Waals surface area contributed by atoms with Gasteiger partial charge < -0.3 is 10.2 Å². The van der Waals surface area contributed by atoms with Gasteiger partial charge in [0.25, 0.3) is 0 Å². The van der Waals surface area contributed by atoms with Crippen LogP contribution in [0.3, 0.4) is 0 Å². The Labute approximate surface area is 159 Å². The smallest absolute Gasteiger partial charge is 0.303 e. The molecule has 3 aliphatic rings. The van der Waals surface area contributed by atoms with Crippen LogP contribution in [0.4, 0.5) is 0 Å². The van der Waals surface area contributed by atoms with E-state index in [9.17, 15) is 9.90 Å². The third-order valence-electron chi connectivity index (χ3n) is 7.50. The van der Waals surface area contributed by atoms with Crippen LogP contribution in [0.2, 0.25) is 0 Å². The van der Waals surface area contributed by atoms with Gasteiger partial charge in [-0.15, -0.1) is 0 Å². The second-order valence-electron chi connectivity index (χ2n) is 9.19. The van der Waals surface area contributed by atoms with Crippen molar-refractivity contribution in [2.45, 2.75) is 96.0 Å². The second kappa shape index (κ2) is 9.92. The highest BCUT2D eigenvalue weighted by Crippen LogP contribution is 2.54. The van der Waals surface area contributed by atoms with Gasteiger partial charge in [0.2, 0.25) is 0 Å². The van der Waals surface area contributed by atoms with E-state index in [1.54, 1.807) is 0 Å². The average molecular weight is 363 g/mol. The molecule has 2 N–H and O–H groups in total. The summed E-state index contributed by atoms with van der Waals surface area (Å²) in [7, 11) is 0. The largest absolute Gasteiger partial charge is 0.481 e. The topological polar surface area (TPSA) is 57.5 Å². The van der Waals surface area contributed by atoms with Gasteiger partial charge in [-0.2, -0.15) is 0 Å². The maximum atomic E-state index is 10.6. The predicted molar refractivity (Wildman–Crippen MR) is 105 cm³/mol. The van der Waals surface area contributed by atoms with Crippen molar-refractivity contribution in [3.63, 3.8) is 0 Å². The van der Waals surface area contributed by atoms with Crippen molar-refractivity contribution in [1.29, 1.82) is 0 Å². The molecular weight excluding hydrogens is 324 g/mol. The SMILES string of the molecule is O=C(O)CCCCCCC1C2CCC(C2)C1/C=C/C(O)C1CCCCC1. The lowest BCUT2D eigenvalue weighted by atomic mass is 9.76. The molecule has 0 heterocycles. The van der Waals surface area contributed by atoms with E-state index < -0.39 is 5.97 Å². The standard InChI is InChI=1S/C23H38O3/c24-22(17-8-4-3-5-9-17)15-14-21-19-13-12-18(16-19)20(21)10-6-1-2-7-11-23(25)26/h14-15,17-22,24H,1-13,16H2,(H,25,26)/b15-14+. The molecule has 0 aromatic rings. The molecule has 3 aliphatic carbocycles. The van der Waals surface area contributed by atoms with Crippen molar-refractivity contribution in [2.24, 2.45) is 29.6 Å². The minimum atomic E-state index is -0.667. The molecule has 0 aliphatic heterocycles. The molecule has 3 fully saturated rings. The first-order valence-corrected chi connectivity index (χ1v) is 11.2. The Bertz CT molecular complexity index is 466. The van der Waals surface area contributed by atoms with Crippen molar-refractivity contribution < 1.29 is 15.0 Å². The number of hydrogen-bond donors (Lipinski definition) is 2. The van der Waals surface area contributed by atoms with Crippen LogP contribution in [-0.2, 0) is 4.79 Å². The highest BCUT2D eigenvalue weighted by molar-refractivity contribution is 5.66. The molecule has 148 valence electrons. The lowest BCUT2D eigenvalue weighted by Gasteiger charge is -2.30. The number of allylic oxidation sites excluding steroid dienone is 1. The average Bonchev–Trinajstić information content (AvgIpc) is 3.24. The van der Waals surface area contributed by atoms with Crippen LogP contribution in [0.5, 0.6) is 0 Å². The summed E-state index contributed by atoms with van der Waals surface area (Å²) in [5.41, 5.74) is 0. The minimum absolute atomic E-state index is 0.230. The predicted octanol–water partition coefficient (Wildman–Crippen LogP) is 5.57. The summed E-state index contributed by atoms with van der Waals surface area (Å²) in [6.07, 6.45) is 20.7. The van der Waals surface area contributed by atoms with E-state index in [1.807, 2.05) is 0 Å². The van der Waals surface area contributed by atoms with Gasteiger partial charge in [-0.25, -0.2) is 0 Å². The number of fused-ring (bicyclic) bond motifs is 2. The zero-order chi connectivity index (χ0) is 18.4. The third-order valence-corrected chi connectivity index (χ3v) is 7.50. The van der Waals surface area contributed by atoms with Crippen LogP contribution < -0.4 is 0 Å². The molecule has 3 saturated carbocycles. The summed E-state index contributed by atoms with van der Waals surface area (Å²) in [4.78, 5) is 10.6. The lowest BCUT2D eigenvalue weighted by Crippen LogP contribution is -2.23. The van der Waals surface area contributed by atoms with Crippen LogP contribution in [0, 0.1) is 29.6 Å². The molecule has 0 aromatic heterocycles. The van der Waals surface area contributed by atoms with Crippen LogP contribution in [-0.4, -0.2) is 22.3 Å². The highest BCUT2D eigenvalue weighted by atomic mass is 16.4. The van der Waals surface area contributed by atoms with Crippen molar-refractivity contribution in [3.8, 4) is 0 Å². The van der Waals surface area contributed by atoms with Gasteiger partial charge in [0.15, 0.2) is 0 Å². The molecule has 5 unspecified atom stereocenters. The van der Waals surface area contributed by atoms with E-state index in [1.165, 1.54) is 70.6 Å². The van der Waals surface area contributed by atoms with E-state index in [0.29, 0.717) is 18.3 Å². The van der Waals surface area contributed by atoms with Crippen molar-refractivity contribution in [2.75, 3.05) is 0 Å². The molecular formula is C23H38O3. The van der Waals surface area contributed by atoms with Gasteiger partial charge in [-0.05, 0) is 74.5 Å². The van der Waals surface area contributed by atoms with Crippen molar-refractivity contribution in [3.05, 3.63) is 12.2 Å². The summed E-state index contributed by atoms with van der Waals surface area (Å²) >= 11 is 0. The number of carboxylic acids is 1. The monoisotopic (exact) mass is 362 g/mol. The number of unbranched alkanes of at least 4 members (excludes halogenated alkanes) is 3. The number of rotatable bonds is 10. The summed E-state index contributed by atoms with van der Waals surface area (Å²) in [6.45, 7) is 0. The number of aliphatic hydroxyl groups excluding tert-OH is 1. The Morgan fingerprint density at radius 3 is 2.46 bits per heavy atom. The first-order valence-electron chi connectivity index (χ1n) is 11.2. The van der Waals surface area contributed by atoms with Crippen LogP contribution in [0.25, 0.3) is 0 Å². The van der Waals surface area contributed by atoms with Crippen LogP contribution >= 0.6 is 0 Å². The molecule has 26 heavy (non-hydrogen) atoms. The lowest BCUT2D eigenvalue weighted by molar-refractivity contribution is -0.137. The molecule has 2 bridgehead atoms. The zero-order valence-corrected chi connectivity index (χ0v) is 16.3. The first-order chi connectivity index (χ1) is 12.6. The molecule has 5 atom stereocenters. The molecule has 3 rings (SSSR count). The fraction of sp³-hybridized carbons (Fsp3) is 0.870. The minimum Gasteiger partial charge on any atom is -0.481 e. The van der Waals surface area contributed by atoms with Crippen LogP contribution in [0.1, 0.15) is 89.9 Å². The molecule has 0 saturated heterocycles. The van der Waals surface area contributed by atoms with Crippen molar-refractivity contribution >= 4 is 5.97 Å². The summed E-state index contributed by atoms with van der Waals surface area (Å²) in [6, 6.07) is 0. The van der Waals surface area contributed by atoms with E-state index >= 15 is 0 Å². The number of carbonyl (C=O) groups is 1. The Hall–Kier alpha value is -0.830. The van der Waals surface area contributed by atoms with Gasteiger partial charge in [0.05, 0.1) is 6.10 Å². The Morgan fingerprint density at radius 2 is 1.69 bits per heavy atom. The van der Waals surface area contributed by atoms with E-state index in [2.05, 4.69) is 12.2 Å². The summed E-state index contributed by atoms with van der Waals surface area (Å²) < 4.78 is 0. The number of hydrogen-bond acceptors (Lipinski definition) is 2. The fourth-order valence-electron chi connectivity index (χ4n) is 6.07. The highest BCUT2D eigenvalue weighted by Gasteiger charge is 2.45. The maximum absolute atomic E-state index is 10.6. The molecule has 0 aromatic carbocycles. The summed E-state index contributed by atoms with van der Waals surface area (Å²) in [5.74, 6) is 3.08. The fourth-order valence-corrected chi connectivity index (χ4v) is 6.07. The quantitative estimate of drug-likeness (QED) is 0.394. The first kappa shape index (κ1) is 19.9. The zero-order valence-electron chi connectivity index (χ0n) is 16.3.